The van der Waals surface area contributed by atoms with Crippen LogP contribution in [-0.2, 0) is 6.18 Å². The Morgan fingerprint density at radius 1 is 1.10 bits per heavy atom. The highest BCUT2D eigenvalue weighted by Gasteiger charge is 2.40. The fourth-order valence-corrected chi connectivity index (χ4v) is 4.13. The molecule has 2 heterocycles. The van der Waals surface area contributed by atoms with Gasteiger partial charge in [-0.15, -0.1) is 0 Å². The van der Waals surface area contributed by atoms with Gasteiger partial charge in [-0.05, 0) is 36.8 Å². The van der Waals surface area contributed by atoms with Gasteiger partial charge < -0.3 is 0 Å². The fraction of sp³-hybridized carbons (Fsp3) is 0.0952. The number of thiazole rings is 1. The van der Waals surface area contributed by atoms with E-state index in [4.69, 9.17) is 11.6 Å². The van der Waals surface area contributed by atoms with Crippen molar-refractivity contribution in [3.63, 3.8) is 0 Å². The van der Waals surface area contributed by atoms with Crippen molar-refractivity contribution >= 4 is 34.0 Å². The minimum absolute atomic E-state index is 0.132. The molecule has 158 valence electrons. The predicted molar refractivity (Wildman–Crippen MR) is 114 cm³/mol. The van der Waals surface area contributed by atoms with Crippen LogP contribution in [0.4, 0.5) is 18.3 Å². The summed E-state index contributed by atoms with van der Waals surface area (Å²) >= 11 is 7.00. The summed E-state index contributed by atoms with van der Waals surface area (Å²) in [6.45, 7) is 1.77. The molecule has 31 heavy (non-hydrogen) atoms. The third-order valence-corrected chi connectivity index (χ3v) is 5.78. The normalized spacial score (nSPS) is 11.5. The quantitative estimate of drug-likeness (QED) is 0.391. The van der Waals surface area contributed by atoms with E-state index in [9.17, 15) is 18.0 Å². The van der Waals surface area contributed by atoms with Gasteiger partial charge in [0.1, 0.15) is 0 Å². The number of alkyl halides is 3. The molecule has 5 nitrogen and oxygen atoms in total. The number of nitrogens with one attached hydrogen (secondary N) is 1. The molecular weight excluding hydrogens is 449 g/mol. The van der Waals surface area contributed by atoms with Crippen molar-refractivity contribution in [1.82, 2.24) is 14.8 Å². The molecule has 0 aliphatic heterocycles. The largest absolute Gasteiger partial charge is 0.434 e. The van der Waals surface area contributed by atoms with Gasteiger partial charge in [0.25, 0.3) is 5.91 Å². The third kappa shape index (κ3) is 4.33. The van der Waals surface area contributed by atoms with Gasteiger partial charge in [-0.25, -0.2) is 9.67 Å². The van der Waals surface area contributed by atoms with E-state index in [0.29, 0.717) is 15.4 Å². The molecule has 0 spiro atoms. The van der Waals surface area contributed by atoms with Gasteiger partial charge in [-0.1, -0.05) is 53.3 Å². The summed E-state index contributed by atoms with van der Waals surface area (Å²) in [6.07, 6.45) is -3.91. The molecule has 0 saturated carbocycles. The number of carbonyl (C=O) groups excluding carboxylic acids is 1. The molecule has 0 fully saturated rings. The monoisotopic (exact) mass is 462 g/mol. The minimum Gasteiger partial charge on any atom is -0.298 e. The number of nitrogens with zero attached hydrogens (tertiary/aromatic N) is 3. The molecule has 1 amide bonds. The second kappa shape index (κ2) is 8.16. The third-order valence-electron chi connectivity index (χ3n) is 4.41. The first kappa shape index (κ1) is 21.1. The lowest BCUT2D eigenvalue weighted by atomic mass is 10.2. The van der Waals surface area contributed by atoms with Crippen molar-refractivity contribution in [1.29, 1.82) is 0 Å². The van der Waals surface area contributed by atoms with E-state index in [1.165, 1.54) is 35.6 Å². The van der Waals surface area contributed by atoms with E-state index in [-0.39, 0.29) is 10.8 Å². The number of halogens is 4. The molecule has 4 aromatic rings. The lowest BCUT2D eigenvalue weighted by Gasteiger charge is -2.12. The van der Waals surface area contributed by atoms with Crippen molar-refractivity contribution in [2.45, 2.75) is 13.1 Å². The zero-order chi connectivity index (χ0) is 22.2. The molecular formula is C21H14ClF3N4OS. The Labute approximate surface area is 184 Å². The van der Waals surface area contributed by atoms with E-state index < -0.39 is 23.3 Å². The number of carbonyl (C=O) groups is 1. The number of hydrogen-bond acceptors (Lipinski definition) is 4. The van der Waals surface area contributed by atoms with E-state index in [1.54, 1.807) is 6.92 Å². The van der Waals surface area contributed by atoms with E-state index in [1.807, 2.05) is 30.3 Å². The second-order valence-corrected chi connectivity index (χ2v) is 7.98. The number of benzene rings is 2. The molecule has 0 unspecified atom stereocenters. The number of amides is 1. The Balaban J connectivity index is 1.67. The Morgan fingerprint density at radius 3 is 2.42 bits per heavy atom. The highest BCUT2D eigenvalue weighted by Crippen LogP contribution is 2.36. The first-order valence-corrected chi connectivity index (χ1v) is 10.2. The Kier molecular flexibility index (Phi) is 5.55. The molecule has 0 atom stereocenters. The molecule has 2 aromatic carbocycles. The summed E-state index contributed by atoms with van der Waals surface area (Å²) in [5, 5.41) is 6.83. The smallest absolute Gasteiger partial charge is 0.298 e. The topological polar surface area (TPSA) is 59.8 Å². The Morgan fingerprint density at radius 2 is 1.77 bits per heavy atom. The van der Waals surface area contributed by atoms with Crippen molar-refractivity contribution < 1.29 is 18.0 Å². The van der Waals surface area contributed by atoms with Gasteiger partial charge in [-0.2, -0.15) is 18.3 Å². The molecule has 0 aliphatic rings. The number of aryl methyl sites for hydroxylation is 1. The summed E-state index contributed by atoms with van der Waals surface area (Å²) < 4.78 is 42.1. The average molecular weight is 463 g/mol. The molecule has 0 radical (unpaired) electrons. The van der Waals surface area contributed by atoms with Crippen molar-refractivity contribution in [3.05, 3.63) is 82.8 Å². The lowest BCUT2D eigenvalue weighted by molar-refractivity contribution is -0.143. The van der Waals surface area contributed by atoms with Crippen LogP contribution in [-0.4, -0.2) is 20.7 Å². The van der Waals surface area contributed by atoms with Crippen LogP contribution in [0.15, 0.2) is 60.8 Å². The number of aromatic nitrogens is 3. The first-order chi connectivity index (χ1) is 14.7. The molecule has 0 saturated heterocycles. The van der Waals surface area contributed by atoms with Gasteiger partial charge in [-0.3, -0.25) is 10.1 Å². The van der Waals surface area contributed by atoms with Gasteiger partial charge in [0.15, 0.2) is 10.8 Å². The van der Waals surface area contributed by atoms with Gasteiger partial charge in [0.05, 0.1) is 28.0 Å². The van der Waals surface area contributed by atoms with Crippen LogP contribution in [0.3, 0.4) is 0 Å². The molecule has 0 aliphatic carbocycles. The van der Waals surface area contributed by atoms with Gasteiger partial charge >= 0.3 is 6.18 Å². The number of anilines is 1. The zero-order valence-electron chi connectivity index (χ0n) is 15.9. The van der Waals surface area contributed by atoms with Gasteiger partial charge in [0.2, 0.25) is 0 Å². The minimum atomic E-state index is -4.81. The zero-order valence-corrected chi connectivity index (χ0v) is 17.5. The lowest BCUT2D eigenvalue weighted by Crippen LogP contribution is -2.20. The molecule has 0 bridgehead atoms. The van der Waals surface area contributed by atoms with Crippen LogP contribution in [0.25, 0.3) is 16.1 Å². The van der Waals surface area contributed by atoms with Crippen molar-refractivity contribution in [2.75, 3.05) is 5.32 Å². The van der Waals surface area contributed by atoms with E-state index in [2.05, 4.69) is 15.4 Å². The Hall–Kier alpha value is -3.17. The maximum atomic E-state index is 13.8. The summed E-state index contributed by atoms with van der Waals surface area (Å²) in [5.41, 5.74) is -0.0726. The summed E-state index contributed by atoms with van der Waals surface area (Å²) in [7, 11) is 0. The maximum Gasteiger partial charge on any atom is 0.434 e. The van der Waals surface area contributed by atoms with Crippen LogP contribution >= 0.6 is 22.9 Å². The van der Waals surface area contributed by atoms with Crippen LogP contribution in [0.1, 0.15) is 21.7 Å². The van der Waals surface area contributed by atoms with Crippen molar-refractivity contribution in [2.24, 2.45) is 0 Å². The number of rotatable bonds is 4. The summed E-state index contributed by atoms with van der Waals surface area (Å²) in [5.74, 6) is -0.944. The molecule has 2 aromatic heterocycles. The summed E-state index contributed by atoms with van der Waals surface area (Å²) in [4.78, 5) is 17.8. The first-order valence-electron chi connectivity index (χ1n) is 8.99. The predicted octanol–water partition coefficient (Wildman–Crippen LogP) is 6.23. The molecule has 10 heteroatoms. The van der Waals surface area contributed by atoms with Gasteiger partial charge in [0, 0.05) is 5.02 Å². The standard InChI is InChI=1S/C21H14ClF3N4OS/c1-12-17(13-5-3-2-4-6-13)31-20(27-12)28-19(30)16-11-26-29(18(16)21(23,24)25)15-9-7-14(22)8-10-15/h2-11H,1H3,(H,27,28,30). The van der Waals surface area contributed by atoms with E-state index in [0.717, 1.165) is 16.6 Å². The van der Waals surface area contributed by atoms with E-state index >= 15 is 0 Å². The average Bonchev–Trinajstić information content (AvgIpc) is 3.33. The highest BCUT2D eigenvalue weighted by atomic mass is 35.5. The fourth-order valence-electron chi connectivity index (χ4n) is 3.04. The van der Waals surface area contributed by atoms with Crippen LogP contribution in [0.5, 0.6) is 0 Å². The molecule has 4 rings (SSSR count). The second-order valence-electron chi connectivity index (χ2n) is 6.55. The maximum absolute atomic E-state index is 13.8. The SMILES string of the molecule is Cc1nc(NC(=O)c2cnn(-c3ccc(Cl)cc3)c2C(F)(F)F)sc1-c1ccccc1. The van der Waals surface area contributed by atoms with Crippen LogP contribution in [0, 0.1) is 6.92 Å². The van der Waals surface area contributed by atoms with Crippen molar-refractivity contribution in [3.8, 4) is 16.1 Å². The van der Waals surface area contributed by atoms with Crippen LogP contribution < -0.4 is 5.32 Å². The number of hydrogen-bond donors (Lipinski definition) is 1. The molecule has 1 N–H and O–H groups in total. The summed E-state index contributed by atoms with van der Waals surface area (Å²) in [6, 6.07) is 15.1. The van der Waals surface area contributed by atoms with Crippen LogP contribution in [0.2, 0.25) is 5.02 Å². The highest BCUT2D eigenvalue weighted by molar-refractivity contribution is 7.19. The Bertz CT molecular complexity index is 1230.